The highest BCUT2D eigenvalue weighted by molar-refractivity contribution is 6.33. The number of amides is 1. The van der Waals surface area contributed by atoms with Crippen LogP contribution in [0.15, 0.2) is 24.4 Å². The normalized spacial score (nSPS) is 18.8. The maximum atomic E-state index is 13.5. The van der Waals surface area contributed by atoms with Crippen LogP contribution in [0.4, 0.5) is 18.0 Å². The lowest BCUT2D eigenvalue weighted by atomic mass is 9.78. The number of rotatable bonds is 3. The van der Waals surface area contributed by atoms with Crippen LogP contribution in [0.25, 0.3) is 0 Å². The van der Waals surface area contributed by atoms with Crippen LogP contribution in [-0.2, 0) is 12.7 Å². The van der Waals surface area contributed by atoms with Gasteiger partial charge in [0.05, 0.1) is 21.8 Å². The van der Waals surface area contributed by atoms with E-state index >= 15 is 0 Å². The Balaban J connectivity index is 1.39. The zero-order chi connectivity index (χ0) is 24.0. The predicted molar refractivity (Wildman–Crippen MR) is 115 cm³/mol. The van der Waals surface area contributed by atoms with Gasteiger partial charge in [0.25, 0.3) is 0 Å². The van der Waals surface area contributed by atoms with Gasteiger partial charge in [-0.05, 0) is 42.9 Å². The van der Waals surface area contributed by atoms with Gasteiger partial charge in [-0.3, -0.25) is 4.90 Å². The number of hydrogen-bond acceptors (Lipinski definition) is 4. The summed E-state index contributed by atoms with van der Waals surface area (Å²) >= 11 is 11.7. The molecular weight excluding hydrogens is 484 g/mol. The highest BCUT2D eigenvalue weighted by Crippen LogP contribution is 2.42. The van der Waals surface area contributed by atoms with E-state index in [1.54, 1.807) is 4.90 Å². The first kappa shape index (κ1) is 23.8. The second-order valence-corrected chi connectivity index (χ2v) is 9.39. The number of carboxylic acid groups (broad SMARTS) is 1. The number of hydrogen-bond donors (Lipinski definition) is 1. The number of carbonyl (C=O) groups excluding carboxylic acids is 1. The molecule has 2 aliphatic heterocycles. The first-order valence-electron chi connectivity index (χ1n) is 10.3. The summed E-state index contributed by atoms with van der Waals surface area (Å²) in [4.78, 5) is 27.4. The molecule has 0 radical (unpaired) electrons. The summed E-state index contributed by atoms with van der Waals surface area (Å²) in [6.45, 7) is 2.34. The van der Waals surface area contributed by atoms with E-state index in [0.717, 1.165) is 11.1 Å². The Kier molecular flexibility index (Phi) is 6.36. The van der Waals surface area contributed by atoms with E-state index in [0.29, 0.717) is 39.0 Å². The molecule has 4 rings (SSSR count). The van der Waals surface area contributed by atoms with Crippen LogP contribution >= 0.6 is 23.2 Å². The second-order valence-electron chi connectivity index (χ2n) is 8.58. The summed E-state index contributed by atoms with van der Waals surface area (Å²) in [5, 5.41) is 12.4. The highest BCUT2D eigenvalue weighted by atomic mass is 35.5. The average molecular weight is 505 g/mol. The summed E-state index contributed by atoms with van der Waals surface area (Å²) < 4.78 is 41.4. The maximum Gasteiger partial charge on any atom is 0.418 e. The monoisotopic (exact) mass is 504 g/mol. The number of carboxylic acids is 1. The van der Waals surface area contributed by atoms with Gasteiger partial charge in [0.1, 0.15) is 0 Å². The summed E-state index contributed by atoms with van der Waals surface area (Å²) in [7, 11) is 0. The van der Waals surface area contributed by atoms with Gasteiger partial charge in [-0.1, -0.05) is 35.3 Å². The van der Waals surface area contributed by atoms with Crippen LogP contribution in [0.5, 0.6) is 0 Å². The van der Waals surface area contributed by atoms with Crippen LogP contribution in [0.2, 0.25) is 10.0 Å². The number of piperidine rings is 1. The number of carbonyl (C=O) groups is 2. The Labute approximate surface area is 197 Å². The molecule has 0 unspecified atom stereocenters. The van der Waals surface area contributed by atoms with Gasteiger partial charge in [0.15, 0.2) is 5.69 Å². The Hall–Kier alpha value is -2.30. The van der Waals surface area contributed by atoms with Gasteiger partial charge >= 0.3 is 18.2 Å². The molecule has 0 bridgehead atoms. The van der Waals surface area contributed by atoms with Crippen LogP contribution in [0, 0.1) is 5.41 Å². The number of benzene rings is 1. The topological polar surface area (TPSA) is 78.7 Å². The van der Waals surface area contributed by atoms with E-state index < -0.39 is 23.7 Å². The molecule has 33 heavy (non-hydrogen) atoms. The molecule has 1 spiro atoms. The van der Waals surface area contributed by atoms with Gasteiger partial charge in [-0.2, -0.15) is 23.0 Å². The van der Waals surface area contributed by atoms with E-state index in [9.17, 15) is 22.8 Å². The zero-order valence-electron chi connectivity index (χ0n) is 17.4. The molecule has 7 nitrogen and oxygen atoms in total. The standard InChI is InChI=1S/C21H21Cl2F3N4O3/c22-14-3-1-2-13(16(14)21(24,25)26)10-28-7-4-20(12-28)5-8-29(9-6-20)19(33)30-11-15(23)17(27-30)18(31)32/h1-3,11H,4-10,12H2,(H,31,32). The molecule has 2 aliphatic rings. The Morgan fingerprint density at radius 3 is 2.36 bits per heavy atom. The van der Waals surface area contributed by atoms with E-state index in [-0.39, 0.29) is 33.3 Å². The van der Waals surface area contributed by atoms with Crippen molar-refractivity contribution in [1.29, 1.82) is 0 Å². The van der Waals surface area contributed by atoms with Crippen LogP contribution in [0.1, 0.15) is 40.9 Å². The molecule has 1 N–H and O–H groups in total. The molecule has 178 valence electrons. The quantitative estimate of drug-likeness (QED) is 0.645. The van der Waals surface area contributed by atoms with Crippen molar-refractivity contribution in [2.24, 2.45) is 5.41 Å². The zero-order valence-corrected chi connectivity index (χ0v) is 18.9. The van der Waals surface area contributed by atoms with Crippen molar-refractivity contribution >= 4 is 35.2 Å². The molecule has 2 saturated heterocycles. The molecule has 0 aliphatic carbocycles. The SMILES string of the molecule is O=C(O)c1nn(C(=O)N2CCC3(CCN(Cc4cccc(Cl)c4C(F)(F)F)C3)CC2)cc1Cl. The summed E-state index contributed by atoms with van der Waals surface area (Å²) in [5.74, 6) is -1.32. The minimum Gasteiger partial charge on any atom is -0.476 e. The fraction of sp³-hybridized carbons (Fsp3) is 0.476. The first-order chi connectivity index (χ1) is 15.5. The number of alkyl halides is 3. The van der Waals surface area contributed by atoms with Gasteiger partial charge in [-0.15, -0.1) is 0 Å². The Bertz CT molecular complexity index is 1080. The Morgan fingerprint density at radius 1 is 1.09 bits per heavy atom. The van der Waals surface area contributed by atoms with E-state index in [4.69, 9.17) is 28.3 Å². The summed E-state index contributed by atoms with van der Waals surface area (Å²) in [5.41, 5.74) is -1.10. The molecule has 1 amide bonds. The lowest BCUT2D eigenvalue weighted by Crippen LogP contribution is -2.45. The van der Waals surface area contributed by atoms with E-state index in [2.05, 4.69) is 5.10 Å². The van der Waals surface area contributed by atoms with Crippen molar-refractivity contribution in [2.75, 3.05) is 26.2 Å². The van der Waals surface area contributed by atoms with Gasteiger partial charge in [0.2, 0.25) is 0 Å². The number of aromatic carboxylic acids is 1. The van der Waals surface area contributed by atoms with Crippen LogP contribution in [-0.4, -0.2) is 62.9 Å². The molecular formula is C21H21Cl2F3N4O3. The van der Waals surface area contributed by atoms with Gasteiger partial charge in [-0.25, -0.2) is 9.59 Å². The van der Waals surface area contributed by atoms with Crippen molar-refractivity contribution in [3.8, 4) is 0 Å². The van der Waals surface area contributed by atoms with Crippen molar-refractivity contribution < 1.29 is 27.9 Å². The minimum atomic E-state index is -4.52. The molecule has 0 atom stereocenters. The molecule has 1 aromatic heterocycles. The van der Waals surface area contributed by atoms with Crippen molar-refractivity contribution in [1.82, 2.24) is 19.6 Å². The molecule has 0 saturated carbocycles. The molecule has 2 fully saturated rings. The first-order valence-corrected chi connectivity index (χ1v) is 11.1. The van der Waals surface area contributed by atoms with Gasteiger partial charge in [0, 0.05) is 26.2 Å². The smallest absolute Gasteiger partial charge is 0.418 e. The fourth-order valence-electron chi connectivity index (χ4n) is 4.74. The third-order valence-corrected chi connectivity index (χ3v) is 7.05. The highest BCUT2D eigenvalue weighted by Gasteiger charge is 2.43. The van der Waals surface area contributed by atoms with Crippen molar-refractivity contribution in [3.63, 3.8) is 0 Å². The van der Waals surface area contributed by atoms with Crippen molar-refractivity contribution in [2.45, 2.75) is 32.0 Å². The third kappa shape index (κ3) is 4.83. The third-order valence-electron chi connectivity index (χ3n) is 6.46. The number of aromatic nitrogens is 2. The molecule has 3 heterocycles. The number of nitrogens with zero attached hydrogens (tertiary/aromatic N) is 4. The van der Waals surface area contributed by atoms with E-state index in [1.807, 2.05) is 4.90 Å². The second kappa shape index (κ2) is 8.81. The maximum absolute atomic E-state index is 13.5. The predicted octanol–water partition coefficient (Wildman–Crippen LogP) is 4.86. The van der Waals surface area contributed by atoms with Crippen molar-refractivity contribution in [3.05, 3.63) is 51.3 Å². The van der Waals surface area contributed by atoms with Gasteiger partial charge < -0.3 is 10.0 Å². The molecule has 2 aromatic rings. The number of likely N-dealkylation sites (tertiary alicyclic amines) is 2. The lowest BCUT2D eigenvalue weighted by molar-refractivity contribution is -0.138. The van der Waals surface area contributed by atoms with Crippen LogP contribution < -0.4 is 0 Å². The van der Waals surface area contributed by atoms with E-state index in [1.165, 1.54) is 24.4 Å². The molecule has 12 heteroatoms. The summed E-state index contributed by atoms with van der Waals surface area (Å²) in [6, 6.07) is 3.78. The lowest BCUT2D eigenvalue weighted by Gasteiger charge is -2.39. The largest absolute Gasteiger partial charge is 0.476 e. The fourth-order valence-corrected chi connectivity index (χ4v) is 5.26. The molecule has 1 aromatic carbocycles. The average Bonchev–Trinajstić information content (AvgIpc) is 3.31. The Morgan fingerprint density at radius 2 is 1.76 bits per heavy atom. The number of halogens is 5. The minimum absolute atomic E-state index is 0.0816. The van der Waals surface area contributed by atoms with Crippen LogP contribution in [0.3, 0.4) is 0 Å². The summed E-state index contributed by atoms with van der Waals surface area (Å²) in [6.07, 6.45) is -1.13.